The Bertz CT molecular complexity index is 863. The van der Waals surface area contributed by atoms with Crippen molar-refractivity contribution in [2.75, 3.05) is 7.05 Å². The third kappa shape index (κ3) is 3.90. The number of ether oxygens (including phenoxy) is 1. The van der Waals surface area contributed by atoms with Gasteiger partial charge in [0.25, 0.3) is 0 Å². The van der Waals surface area contributed by atoms with Crippen LogP contribution in [0.15, 0.2) is 47.4 Å². The predicted molar refractivity (Wildman–Crippen MR) is 89.9 cm³/mol. The summed E-state index contributed by atoms with van der Waals surface area (Å²) in [5.74, 6) is 0.719. The molecule has 0 heterocycles. The number of nitro groups is 1. The van der Waals surface area contributed by atoms with Gasteiger partial charge in [-0.1, -0.05) is 26.0 Å². The summed E-state index contributed by atoms with van der Waals surface area (Å²) < 4.78 is 31.3. The van der Waals surface area contributed by atoms with E-state index in [2.05, 4.69) is 4.72 Å². The Hall–Kier alpha value is -2.45. The van der Waals surface area contributed by atoms with Crippen LogP contribution in [0, 0.1) is 10.1 Å². The second kappa shape index (κ2) is 6.98. The third-order valence-electron chi connectivity index (χ3n) is 3.46. The van der Waals surface area contributed by atoms with E-state index in [0.29, 0.717) is 5.75 Å². The van der Waals surface area contributed by atoms with Gasteiger partial charge in [-0.05, 0) is 42.8 Å². The summed E-state index contributed by atoms with van der Waals surface area (Å²) in [5.41, 5.74) is 0.616. The van der Waals surface area contributed by atoms with Crippen molar-refractivity contribution in [3.63, 3.8) is 0 Å². The lowest BCUT2D eigenvalue weighted by Gasteiger charge is -2.11. The SMILES string of the molecule is CNS(=O)(=O)c1ccc(Oc2cccc(C(C)C)c2)c([N+](=O)[O-])c1. The molecule has 2 aromatic rings. The maximum Gasteiger partial charge on any atom is 0.312 e. The first kappa shape index (κ1) is 17.9. The van der Waals surface area contributed by atoms with E-state index in [0.717, 1.165) is 11.6 Å². The first-order valence-electron chi connectivity index (χ1n) is 7.24. The Morgan fingerprint density at radius 3 is 2.46 bits per heavy atom. The van der Waals surface area contributed by atoms with E-state index in [1.807, 2.05) is 19.9 Å². The van der Waals surface area contributed by atoms with Gasteiger partial charge in [0.2, 0.25) is 15.8 Å². The molecule has 0 aliphatic heterocycles. The molecule has 0 aliphatic rings. The van der Waals surface area contributed by atoms with Gasteiger partial charge in [-0.2, -0.15) is 0 Å². The summed E-state index contributed by atoms with van der Waals surface area (Å²) in [4.78, 5) is 10.4. The van der Waals surface area contributed by atoms with E-state index in [1.165, 1.54) is 19.2 Å². The van der Waals surface area contributed by atoms with Crippen LogP contribution in [0.25, 0.3) is 0 Å². The first-order valence-corrected chi connectivity index (χ1v) is 8.72. The Morgan fingerprint density at radius 2 is 1.88 bits per heavy atom. The van der Waals surface area contributed by atoms with Crippen LogP contribution in [0.5, 0.6) is 11.5 Å². The van der Waals surface area contributed by atoms with E-state index >= 15 is 0 Å². The number of hydrogen-bond donors (Lipinski definition) is 1. The van der Waals surface area contributed by atoms with Crippen molar-refractivity contribution in [2.24, 2.45) is 0 Å². The summed E-state index contributed by atoms with van der Waals surface area (Å²) in [6.45, 7) is 4.05. The van der Waals surface area contributed by atoms with E-state index in [1.54, 1.807) is 18.2 Å². The summed E-state index contributed by atoms with van der Waals surface area (Å²) >= 11 is 0. The summed E-state index contributed by atoms with van der Waals surface area (Å²) in [5, 5.41) is 11.3. The minimum absolute atomic E-state index is 0.0176. The third-order valence-corrected chi connectivity index (χ3v) is 4.87. The maximum atomic E-state index is 11.8. The summed E-state index contributed by atoms with van der Waals surface area (Å²) in [7, 11) is -2.53. The zero-order chi connectivity index (χ0) is 17.9. The zero-order valence-corrected chi connectivity index (χ0v) is 14.3. The normalized spacial score (nSPS) is 11.5. The molecule has 1 N–H and O–H groups in total. The Balaban J connectivity index is 2.44. The van der Waals surface area contributed by atoms with Gasteiger partial charge >= 0.3 is 5.69 Å². The molecular weight excluding hydrogens is 332 g/mol. The number of sulfonamides is 1. The molecule has 0 fully saturated rings. The molecule has 8 heteroatoms. The van der Waals surface area contributed by atoms with Crippen LogP contribution in [-0.2, 0) is 10.0 Å². The van der Waals surface area contributed by atoms with Gasteiger partial charge in [0.05, 0.1) is 9.82 Å². The first-order chi connectivity index (χ1) is 11.2. The molecule has 0 bridgehead atoms. The molecule has 0 radical (unpaired) electrons. The van der Waals surface area contributed by atoms with E-state index in [-0.39, 0.29) is 16.6 Å². The second-order valence-electron chi connectivity index (χ2n) is 5.42. The van der Waals surface area contributed by atoms with Crippen LogP contribution < -0.4 is 9.46 Å². The molecule has 7 nitrogen and oxygen atoms in total. The highest BCUT2D eigenvalue weighted by atomic mass is 32.2. The number of nitrogens with one attached hydrogen (secondary N) is 1. The van der Waals surface area contributed by atoms with Gasteiger partial charge in [0, 0.05) is 6.07 Å². The lowest BCUT2D eigenvalue weighted by molar-refractivity contribution is -0.385. The van der Waals surface area contributed by atoms with Crippen LogP contribution in [-0.4, -0.2) is 20.4 Å². The van der Waals surface area contributed by atoms with Gasteiger partial charge in [-0.15, -0.1) is 0 Å². The quantitative estimate of drug-likeness (QED) is 0.636. The predicted octanol–water partition coefficient (Wildman–Crippen LogP) is 3.42. The molecule has 128 valence electrons. The van der Waals surface area contributed by atoms with Gasteiger partial charge < -0.3 is 4.74 Å². The molecule has 0 spiro atoms. The fraction of sp³-hybridized carbons (Fsp3) is 0.250. The average Bonchev–Trinajstić information content (AvgIpc) is 2.55. The van der Waals surface area contributed by atoms with Crippen LogP contribution in [0.3, 0.4) is 0 Å². The molecule has 0 saturated heterocycles. The number of benzene rings is 2. The zero-order valence-electron chi connectivity index (χ0n) is 13.5. The number of hydrogen-bond acceptors (Lipinski definition) is 5. The molecule has 0 aliphatic carbocycles. The van der Waals surface area contributed by atoms with Crippen molar-refractivity contribution < 1.29 is 18.1 Å². The number of rotatable bonds is 6. The van der Waals surface area contributed by atoms with E-state index in [9.17, 15) is 18.5 Å². The topological polar surface area (TPSA) is 98.5 Å². The number of nitro benzene ring substituents is 1. The summed E-state index contributed by atoms with van der Waals surface area (Å²) in [6, 6.07) is 10.8. The summed E-state index contributed by atoms with van der Waals surface area (Å²) in [6.07, 6.45) is 0. The second-order valence-corrected chi connectivity index (χ2v) is 7.31. The highest BCUT2D eigenvalue weighted by molar-refractivity contribution is 7.89. The molecule has 2 aromatic carbocycles. The largest absolute Gasteiger partial charge is 0.450 e. The van der Waals surface area contributed by atoms with Crippen LogP contribution in [0.1, 0.15) is 25.3 Å². The Morgan fingerprint density at radius 1 is 1.17 bits per heavy atom. The van der Waals surface area contributed by atoms with Gasteiger partial charge in [0.15, 0.2) is 0 Å². The highest BCUT2D eigenvalue weighted by Crippen LogP contribution is 2.34. The van der Waals surface area contributed by atoms with Crippen molar-refractivity contribution in [2.45, 2.75) is 24.7 Å². The minimum atomic E-state index is -3.77. The highest BCUT2D eigenvalue weighted by Gasteiger charge is 2.22. The van der Waals surface area contributed by atoms with Crippen LogP contribution in [0.2, 0.25) is 0 Å². The van der Waals surface area contributed by atoms with Crippen molar-refractivity contribution in [3.05, 3.63) is 58.1 Å². The maximum absolute atomic E-state index is 11.8. The Labute approximate surface area is 140 Å². The van der Waals surface area contributed by atoms with Crippen molar-refractivity contribution in [1.82, 2.24) is 4.72 Å². The van der Waals surface area contributed by atoms with Crippen molar-refractivity contribution in [3.8, 4) is 11.5 Å². The molecule has 0 saturated carbocycles. The van der Waals surface area contributed by atoms with Crippen molar-refractivity contribution >= 4 is 15.7 Å². The van der Waals surface area contributed by atoms with Gasteiger partial charge in [-0.25, -0.2) is 13.1 Å². The molecule has 2 rings (SSSR count). The average molecular weight is 350 g/mol. The monoisotopic (exact) mass is 350 g/mol. The molecule has 24 heavy (non-hydrogen) atoms. The molecule has 0 amide bonds. The smallest absolute Gasteiger partial charge is 0.312 e. The Kier molecular flexibility index (Phi) is 5.20. The van der Waals surface area contributed by atoms with Gasteiger partial charge in [-0.3, -0.25) is 10.1 Å². The van der Waals surface area contributed by atoms with Crippen LogP contribution >= 0.6 is 0 Å². The molecule has 0 atom stereocenters. The molecule has 0 unspecified atom stereocenters. The molecular formula is C16H18N2O5S. The van der Waals surface area contributed by atoms with E-state index in [4.69, 9.17) is 4.74 Å². The van der Waals surface area contributed by atoms with Gasteiger partial charge in [0.1, 0.15) is 5.75 Å². The standard InChI is InChI=1S/C16H18N2O5S/c1-11(2)12-5-4-6-13(9-12)23-16-8-7-14(24(21,22)17-3)10-15(16)18(19)20/h4-11,17H,1-3H3. The van der Waals surface area contributed by atoms with Crippen molar-refractivity contribution in [1.29, 1.82) is 0 Å². The molecule has 0 aromatic heterocycles. The fourth-order valence-electron chi connectivity index (χ4n) is 2.08. The van der Waals surface area contributed by atoms with E-state index < -0.39 is 20.6 Å². The number of nitrogens with zero attached hydrogens (tertiary/aromatic N) is 1. The van der Waals surface area contributed by atoms with Crippen LogP contribution in [0.4, 0.5) is 5.69 Å². The minimum Gasteiger partial charge on any atom is -0.450 e. The lowest BCUT2D eigenvalue weighted by Crippen LogP contribution is -2.18. The lowest BCUT2D eigenvalue weighted by atomic mass is 10.0. The fourth-order valence-corrected chi connectivity index (χ4v) is 2.82.